The predicted octanol–water partition coefficient (Wildman–Crippen LogP) is 2.44. The Kier molecular flexibility index (Phi) is 12.7. The molecule has 1 atom stereocenters. The van der Waals surface area contributed by atoms with E-state index in [-0.39, 0.29) is 0 Å². The van der Waals surface area contributed by atoms with Gasteiger partial charge in [0.1, 0.15) is 0 Å². The number of halogens is 1. The van der Waals surface area contributed by atoms with Crippen LogP contribution in [0.4, 0.5) is 4.79 Å². The Morgan fingerprint density at radius 2 is 1.25 bits per heavy atom. The molecule has 0 aliphatic rings. The Bertz CT molecular complexity index is 872. The lowest BCUT2D eigenvalue weighted by Gasteiger charge is -2.12. The minimum Gasteiger partial charge on any atom is -0.481 e. The Balaban J connectivity index is 0.00000220. The summed E-state index contributed by atoms with van der Waals surface area (Å²) < 4.78 is 4.94. The zero-order valence-corrected chi connectivity index (χ0v) is 16.7. The minimum atomic E-state index is -1.83. The number of carbonyl (C=O) groups is 5. The van der Waals surface area contributed by atoms with E-state index in [0.29, 0.717) is 18.1 Å². The summed E-state index contributed by atoms with van der Waals surface area (Å²) in [6.07, 6.45) is -2.41. The van der Waals surface area contributed by atoms with Crippen LogP contribution in [-0.2, 0) is 33.7 Å². The Labute approximate surface area is 184 Å². The molecule has 0 spiro atoms. The van der Waals surface area contributed by atoms with Gasteiger partial charge in [0.15, 0.2) is 12.5 Å². The van der Waals surface area contributed by atoms with E-state index in [9.17, 15) is 19.2 Å². The van der Waals surface area contributed by atoms with Gasteiger partial charge in [-0.15, -0.1) is 0 Å². The van der Waals surface area contributed by atoms with Gasteiger partial charge >= 0.3 is 30.0 Å². The van der Waals surface area contributed by atoms with Gasteiger partial charge in [-0.1, -0.05) is 41.9 Å². The highest BCUT2D eigenvalue weighted by atomic mass is 35.5. The van der Waals surface area contributed by atoms with Crippen molar-refractivity contribution in [1.82, 2.24) is 0 Å². The summed E-state index contributed by atoms with van der Waals surface area (Å²) in [5, 5.41) is 40.2. The maximum atomic E-state index is 12.1. The largest absolute Gasteiger partial charge is 0.503 e. The maximum Gasteiger partial charge on any atom is 0.503 e. The predicted molar refractivity (Wildman–Crippen MR) is 102 cm³/mol. The molecular formula is C18H17ClO13. The Hall–Kier alpha value is -4.26. The molecule has 1 aromatic carbocycles. The lowest BCUT2D eigenvalue weighted by atomic mass is 10.2. The normalized spacial score (nSPS) is 11.8. The summed E-state index contributed by atoms with van der Waals surface area (Å²) in [7, 11) is 0. The first kappa shape index (κ1) is 27.7. The Morgan fingerprint density at radius 1 is 0.812 bits per heavy atom. The van der Waals surface area contributed by atoms with E-state index in [1.54, 1.807) is 30.3 Å². The second-order valence-electron chi connectivity index (χ2n) is 5.34. The third-order valence-electron chi connectivity index (χ3n) is 2.93. The van der Waals surface area contributed by atoms with Crippen molar-refractivity contribution in [2.24, 2.45) is 0 Å². The van der Waals surface area contributed by atoms with Crippen LogP contribution in [0, 0.1) is 0 Å². The number of ether oxygens (including phenoxy) is 1. The molecule has 174 valence electrons. The van der Waals surface area contributed by atoms with Gasteiger partial charge in [0.2, 0.25) is 5.56 Å². The number of hydrogen-bond donors (Lipinski definition) is 5. The van der Waals surface area contributed by atoms with Crippen molar-refractivity contribution in [2.75, 3.05) is 0 Å². The van der Waals surface area contributed by atoms with Crippen LogP contribution < -0.4 is 0 Å². The third-order valence-corrected chi connectivity index (χ3v) is 3.27. The van der Waals surface area contributed by atoms with Gasteiger partial charge in [-0.05, 0) is 0 Å². The number of hydrogen-bond acceptors (Lipinski definition) is 8. The number of benzene rings is 1. The second kappa shape index (κ2) is 14.7. The molecule has 0 radical (unpaired) electrons. The van der Waals surface area contributed by atoms with Crippen molar-refractivity contribution in [1.29, 1.82) is 0 Å². The van der Waals surface area contributed by atoms with Crippen LogP contribution in [0.2, 0.25) is 0 Å². The molecule has 0 aliphatic heterocycles. The van der Waals surface area contributed by atoms with E-state index >= 15 is 0 Å². The molecule has 1 rings (SSSR count). The van der Waals surface area contributed by atoms with Crippen LogP contribution in [0.25, 0.3) is 0 Å². The average molecular weight is 477 g/mol. The van der Waals surface area contributed by atoms with Crippen LogP contribution in [0.5, 0.6) is 0 Å². The number of esters is 1. The lowest BCUT2D eigenvalue weighted by molar-refractivity contribution is -0.199. The third kappa shape index (κ3) is 13.1. The summed E-state index contributed by atoms with van der Waals surface area (Å²) in [4.78, 5) is 61.7. The SMILES string of the molecule is O=C(O)CC(=COOC=C(CC(=O)O)C(=O)OC(Cl)c1ccccc1)C(=O)O.O=C(O)O. The molecule has 0 amide bonds. The number of carboxylic acid groups (broad SMARTS) is 5. The molecule has 0 heterocycles. The standard InChI is InChI=1S/C17H15ClO10.CH2O3/c18-15(10-4-2-1-3-5-10)28-17(25)12(7-14(21)22)9-27-26-8-11(16(23)24)6-13(19)20;2-1(3)4/h1-5,8-9,15H,6-7H2,(H,19,20)(H,21,22)(H,23,24);(H2,2,3,4). The molecule has 1 aromatic rings. The van der Waals surface area contributed by atoms with Gasteiger partial charge in [-0.2, -0.15) is 0 Å². The van der Waals surface area contributed by atoms with Gasteiger partial charge in [0.25, 0.3) is 0 Å². The number of aliphatic carboxylic acids is 3. The fraction of sp³-hybridized carbons (Fsp3) is 0.167. The van der Waals surface area contributed by atoms with Crippen molar-refractivity contribution in [2.45, 2.75) is 18.4 Å². The first-order chi connectivity index (χ1) is 14.9. The molecule has 0 saturated carbocycles. The number of rotatable bonds is 11. The molecule has 1 unspecified atom stereocenters. The van der Waals surface area contributed by atoms with E-state index in [4.69, 9.17) is 46.7 Å². The van der Waals surface area contributed by atoms with Gasteiger partial charge in [0.05, 0.1) is 24.0 Å². The lowest BCUT2D eigenvalue weighted by Crippen LogP contribution is -2.13. The van der Waals surface area contributed by atoms with E-state index in [0.717, 1.165) is 0 Å². The molecule has 0 aromatic heterocycles. The molecule has 0 fully saturated rings. The quantitative estimate of drug-likeness (QED) is 0.0590. The van der Waals surface area contributed by atoms with E-state index in [2.05, 4.69) is 9.78 Å². The minimum absolute atomic E-state index is 0.451. The van der Waals surface area contributed by atoms with E-state index in [1.165, 1.54) is 0 Å². The summed E-state index contributed by atoms with van der Waals surface area (Å²) in [6, 6.07) is 8.22. The summed E-state index contributed by atoms with van der Waals surface area (Å²) in [5.41, 5.74) is -1.88. The van der Waals surface area contributed by atoms with Crippen molar-refractivity contribution in [3.63, 3.8) is 0 Å². The van der Waals surface area contributed by atoms with Gasteiger partial charge < -0.3 is 30.3 Å². The van der Waals surface area contributed by atoms with Crippen LogP contribution in [0.15, 0.2) is 54.0 Å². The molecule has 0 saturated heterocycles. The molecule has 5 N–H and O–H groups in total. The number of carboxylic acids is 3. The van der Waals surface area contributed by atoms with Crippen LogP contribution in [-0.4, -0.2) is 55.6 Å². The smallest absolute Gasteiger partial charge is 0.481 e. The van der Waals surface area contributed by atoms with Gasteiger partial charge in [0, 0.05) is 5.56 Å². The van der Waals surface area contributed by atoms with Crippen molar-refractivity contribution >= 4 is 41.6 Å². The first-order valence-corrected chi connectivity index (χ1v) is 8.56. The zero-order chi connectivity index (χ0) is 24.7. The van der Waals surface area contributed by atoms with Crippen LogP contribution in [0.1, 0.15) is 24.0 Å². The summed E-state index contributed by atoms with van der Waals surface area (Å²) in [6.45, 7) is 0. The van der Waals surface area contributed by atoms with Gasteiger partial charge in [-0.3, -0.25) is 19.4 Å². The highest BCUT2D eigenvalue weighted by Crippen LogP contribution is 2.23. The fourth-order valence-corrected chi connectivity index (χ4v) is 1.90. The molecule has 13 nitrogen and oxygen atoms in total. The van der Waals surface area contributed by atoms with Crippen molar-refractivity contribution < 1.29 is 64.0 Å². The molecule has 14 heteroatoms. The zero-order valence-electron chi connectivity index (χ0n) is 15.9. The molecule has 32 heavy (non-hydrogen) atoms. The molecule has 0 bridgehead atoms. The van der Waals surface area contributed by atoms with E-state index in [1.807, 2.05) is 0 Å². The monoisotopic (exact) mass is 476 g/mol. The fourth-order valence-electron chi connectivity index (χ4n) is 1.67. The van der Waals surface area contributed by atoms with Crippen LogP contribution in [0.3, 0.4) is 0 Å². The Morgan fingerprint density at radius 3 is 1.69 bits per heavy atom. The number of alkyl halides is 1. The first-order valence-electron chi connectivity index (χ1n) is 8.13. The average Bonchev–Trinajstić information content (AvgIpc) is 2.68. The maximum absolute atomic E-state index is 12.1. The van der Waals surface area contributed by atoms with Crippen LogP contribution >= 0.6 is 11.6 Å². The van der Waals surface area contributed by atoms with Gasteiger partial charge in [-0.25, -0.2) is 14.4 Å². The number of carbonyl (C=O) groups excluding carboxylic acids is 1. The van der Waals surface area contributed by atoms with E-state index < -0.39 is 59.6 Å². The van der Waals surface area contributed by atoms with Crippen molar-refractivity contribution in [3.05, 3.63) is 59.6 Å². The summed E-state index contributed by atoms with van der Waals surface area (Å²) >= 11 is 5.95. The highest BCUT2D eigenvalue weighted by molar-refractivity contribution is 6.20. The summed E-state index contributed by atoms with van der Waals surface area (Å²) in [5.74, 6) is -5.47. The van der Waals surface area contributed by atoms with Crippen molar-refractivity contribution in [3.8, 4) is 0 Å². The topological polar surface area (TPSA) is 214 Å². The molecular weight excluding hydrogens is 460 g/mol. The second-order valence-corrected chi connectivity index (χ2v) is 5.74. The highest BCUT2D eigenvalue weighted by Gasteiger charge is 2.21. The molecule has 0 aliphatic carbocycles.